The lowest BCUT2D eigenvalue weighted by molar-refractivity contribution is -0.131. The van der Waals surface area contributed by atoms with Crippen molar-refractivity contribution in [3.8, 4) is 6.07 Å². The molecule has 0 spiro atoms. The Kier molecular flexibility index (Phi) is 4.19. The topological polar surface area (TPSA) is 52.9 Å². The number of hydrogen-bond acceptors (Lipinski definition) is 2. The minimum absolute atomic E-state index is 0.0514. The van der Waals surface area contributed by atoms with Gasteiger partial charge in [0.25, 0.3) is 0 Å². The first-order valence-electron chi connectivity index (χ1n) is 6.58. The number of hydrogen-bond donors (Lipinski definition) is 1. The number of nitrogens with one attached hydrogen (secondary N) is 1. The Morgan fingerprint density at radius 1 is 1.53 bits per heavy atom. The molecule has 0 saturated heterocycles. The van der Waals surface area contributed by atoms with E-state index >= 15 is 0 Å². The van der Waals surface area contributed by atoms with Crippen LogP contribution in [0.4, 0.5) is 0 Å². The fourth-order valence-electron chi connectivity index (χ4n) is 2.53. The maximum atomic E-state index is 12.3. The quantitative estimate of drug-likeness (QED) is 0.819. The Balaban J connectivity index is 2.73. The zero-order valence-electron chi connectivity index (χ0n) is 11.5. The van der Waals surface area contributed by atoms with E-state index in [-0.39, 0.29) is 17.2 Å². The van der Waals surface area contributed by atoms with Crippen molar-refractivity contribution in [3.05, 3.63) is 0 Å². The van der Waals surface area contributed by atoms with Crippen LogP contribution in [0, 0.1) is 22.7 Å². The van der Waals surface area contributed by atoms with Crippen LogP contribution < -0.4 is 5.32 Å². The van der Waals surface area contributed by atoms with Crippen LogP contribution >= 0.6 is 0 Å². The van der Waals surface area contributed by atoms with Gasteiger partial charge in [0.05, 0.1) is 6.07 Å². The third-order valence-corrected chi connectivity index (χ3v) is 4.18. The molecular weight excluding hydrogens is 212 g/mol. The van der Waals surface area contributed by atoms with Crippen molar-refractivity contribution in [1.29, 1.82) is 5.26 Å². The molecule has 1 fully saturated rings. The van der Waals surface area contributed by atoms with Gasteiger partial charge in [-0.2, -0.15) is 5.26 Å². The molecule has 96 valence electrons. The molecule has 1 aliphatic rings. The van der Waals surface area contributed by atoms with Crippen molar-refractivity contribution in [3.63, 3.8) is 0 Å². The molecule has 0 heterocycles. The SMILES string of the molecule is CCC(C)(C#N)NC(=O)C1CCCCC1(C)C. The highest BCUT2D eigenvalue weighted by Gasteiger charge is 2.39. The molecule has 0 radical (unpaired) electrons. The molecule has 0 aliphatic heterocycles. The van der Waals surface area contributed by atoms with Crippen molar-refractivity contribution in [2.24, 2.45) is 11.3 Å². The molecule has 3 nitrogen and oxygen atoms in total. The third kappa shape index (κ3) is 3.21. The maximum absolute atomic E-state index is 12.3. The van der Waals surface area contributed by atoms with Gasteiger partial charge in [-0.1, -0.05) is 33.6 Å². The molecule has 2 unspecified atom stereocenters. The van der Waals surface area contributed by atoms with Gasteiger partial charge in [-0.3, -0.25) is 4.79 Å². The van der Waals surface area contributed by atoms with Gasteiger partial charge in [0.15, 0.2) is 0 Å². The summed E-state index contributed by atoms with van der Waals surface area (Å²) in [6, 6.07) is 2.19. The van der Waals surface area contributed by atoms with Gasteiger partial charge in [0, 0.05) is 5.92 Å². The molecule has 0 bridgehead atoms. The largest absolute Gasteiger partial charge is 0.338 e. The van der Waals surface area contributed by atoms with Crippen molar-refractivity contribution in [2.75, 3.05) is 0 Å². The summed E-state index contributed by atoms with van der Waals surface area (Å²) in [6.07, 6.45) is 5.02. The van der Waals surface area contributed by atoms with Crippen molar-refractivity contribution in [2.45, 2.75) is 65.3 Å². The molecule has 1 saturated carbocycles. The van der Waals surface area contributed by atoms with Gasteiger partial charge in [0.1, 0.15) is 5.54 Å². The number of amides is 1. The molecule has 1 N–H and O–H groups in total. The minimum atomic E-state index is -0.718. The van der Waals surface area contributed by atoms with Crippen molar-refractivity contribution in [1.82, 2.24) is 5.32 Å². The first-order chi connectivity index (χ1) is 7.84. The molecule has 17 heavy (non-hydrogen) atoms. The average molecular weight is 236 g/mol. The average Bonchev–Trinajstić information content (AvgIpc) is 2.28. The summed E-state index contributed by atoms with van der Waals surface area (Å²) in [6.45, 7) is 8.04. The predicted octanol–water partition coefficient (Wildman–Crippen LogP) is 3.01. The van der Waals surface area contributed by atoms with E-state index in [9.17, 15) is 4.79 Å². The third-order valence-electron chi connectivity index (χ3n) is 4.18. The van der Waals surface area contributed by atoms with Crippen LogP contribution in [0.5, 0.6) is 0 Å². The zero-order valence-corrected chi connectivity index (χ0v) is 11.5. The maximum Gasteiger partial charge on any atom is 0.224 e. The minimum Gasteiger partial charge on any atom is -0.338 e. The van der Waals surface area contributed by atoms with E-state index in [1.807, 2.05) is 6.92 Å². The second-order valence-corrected chi connectivity index (χ2v) is 6.07. The predicted molar refractivity (Wildman–Crippen MR) is 68.2 cm³/mol. The molecule has 0 aromatic rings. The molecule has 2 atom stereocenters. The fourth-order valence-corrected chi connectivity index (χ4v) is 2.53. The summed E-state index contributed by atoms with van der Waals surface area (Å²) < 4.78 is 0. The van der Waals surface area contributed by atoms with Crippen LogP contribution in [0.25, 0.3) is 0 Å². The number of nitriles is 1. The standard InChI is InChI=1S/C14H24N2O/c1-5-14(4,10-15)16-12(17)11-8-6-7-9-13(11,2)3/h11H,5-9H2,1-4H3,(H,16,17). The van der Waals surface area contributed by atoms with E-state index in [0.717, 1.165) is 19.3 Å². The lowest BCUT2D eigenvalue weighted by Crippen LogP contribution is -2.50. The van der Waals surface area contributed by atoms with Crippen LogP contribution in [0.15, 0.2) is 0 Å². The number of rotatable bonds is 3. The van der Waals surface area contributed by atoms with Gasteiger partial charge in [0.2, 0.25) is 5.91 Å². The lowest BCUT2D eigenvalue weighted by atomic mass is 9.68. The lowest BCUT2D eigenvalue weighted by Gasteiger charge is -2.38. The van der Waals surface area contributed by atoms with E-state index in [1.165, 1.54) is 6.42 Å². The molecule has 3 heteroatoms. The zero-order chi connectivity index (χ0) is 13.1. The van der Waals surface area contributed by atoms with Crippen LogP contribution in [0.2, 0.25) is 0 Å². The second-order valence-electron chi connectivity index (χ2n) is 6.07. The van der Waals surface area contributed by atoms with Gasteiger partial charge in [-0.15, -0.1) is 0 Å². The van der Waals surface area contributed by atoms with E-state index < -0.39 is 5.54 Å². The Hall–Kier alpha value is -1.04. The Morgan fingerprint density at radius 2 is 2.18 bits per heavy atom. The number of nitrogens with zero attached hydrogens (tertiary/aromatic N) is 1. The van der Waals surface area contributed by atoms with E-state index in [4.69, 9.17) is 5.26 Å². The summed E-state index contributed by atoms with van der Waals surface area (Å²) >= 11 is 0. The van der Waals surface area contributed by atoms with Crippen molar-refractivity contribution < 1.29 is 4.79 Å². The highest BCUT2D eigenvalue weighted by molar-refractivity contribution is 5.80. The summed E-state index contributed by atoms with van der Waals surface area (Å²) in [5.41, 5.74) is -0.656. The fraction of sp³-hybridized carbons (Fsp3) is 0.857. The molecule has 0 aromatic heterocycles. The second kappa shape index (κ2) is 5.08. The van der Waals surface area contributed by atoms with Crippen LogP contribution in [0.3, 0.4) is 0 Å². The monoisotopic (exact) mass is 236 g/mol. The molecule has 1 aliphatic carbocycles. The summed E-state index contributed by atoms with van der Waals surface area (Å²) in [5.74, 6) is 0.107. The van der Waals surface area contributed by atoms with Gasteiger partial charge in [-0.25, -0.2) is 0 Å². The first kappa shape index (κ1) is 14.0. The summed E-state index contributed by atoms with van der Waals surface area (Å²) in [4.78, 5) is 12.3. The Bertz CT molecular complexity index is 330. The Morgan fingerprint density at radius 3 is 2.65 bits per heavy atom. The van der Waals surface area contributed by atoms with E-state index in [0.29, 0.717) is 6.42 Å². The highest BCUT2D eigenvalue weighted by atomic mass is 16.2. The number of carbonyl (C=O) groups is 1. The number of carbonyl (C=O) groups excluding carboxylic acids is 1. The van der Waals surface area contributed by atoms with Crippen LogP contribution in [-0.4, -0.2) is 11.4 Å². The first-order valence-corrected chi connectivity index (χ1v) is 6.58. The summed E-state index contributed by atoms with van der Waals surface area (Å²) in [5, 5.41) is 12.0. The molecule has 1 rings (SSSR count). The van der Waals surface area contributed by atoms with Crippen LogP contribution in [0.1, 0.15) is 59.8 Å². The molecular formula is C14H24N2O. The highest BCUT2D eigenvalue weighted by Crippen LogP contribution is 2.40. The van der Waals surface area contributed by atoms with Gasteiger partial charge < -0.3 is 5.32 Å². The molecule has 1 amide bonds. The van der Waals surface area contributed by atoms with Gasteiger partial charge >= 0.3 is 0 Å². The van der Waals surface area contributed by atoms with E-state index in [2.05, 4.69) is 25.2 Å². The molecule has 0 aromatic carbocycles. The van der Waals surface area contributed by atoms with Crippen LogP contribution in [-0.2, 0) is 4.79 Å². The smallest absolute Gasteiger partial charge is 0.224 e. The normalized spacial score (nSPS) is 26.6. The Labute approximate surface area is 105 Å². The van der Waals surface area contributed by atoms with E-state index in [1.54, 1.807) is 6.92 Å². The van der Waals surface area contributed by atoms with Gasteiger partial charge in [-0.05, 0) is 31.6 Å². The van der Waals surface area contributed by atoms with Crippen molar-refractivity contribution >= 4 is 5.91 Å². The summed E-state index contributed by atoms with van der Waals surface area (Å²) in [7, 11) is 0.